The second-order valence-corrected chi connectivity index (χ2v) is 7.36. The minimum atomic E-state index is -0.125. The Balaban J connectivity index is 1.66. The van der Waals surface area contributed by atoms with E-state index in [0.29, 0.717) is 5.82 Å². The molecule has 0 radical (unpaired) electrons. The number of hydrogen-bond donors (Lipinski definition) is 4. The van der Waals surface area contributed by atoms with Crippen LogP contribution in [0.3, 0.4) is 0 Å². The topological polar surface area (TPSA) is 98.8 Å². The summed E-state index contributed by atoms with van der Waals surface area (Å²) in [5.74, 6) is 1.27. The average Bonchev–Trinajstić information content (AvgIpc) is 3.30. The summed E-state index contributed by atoms with van der Waals surface area (Å²) in [7, 11) is 0. The lowest BCUT2D eigenvalue weighted by atomic mass is 10.1. The second-order valence-electron chi connectivity index (χ2n) is 6.48. The highest BCUT2D eigenvalue weighted by Crippen LogP contribution is 2.30. The van der Waals surface area contributed by atoms with Crippen molar-refractivity contribution in [2.24, 2.45) is 0 Å². The van der Waals surface area contributed by atoms with Gasteiger partial charge in [-0.05, 0) is 32.0 Å². The van der Waals surface area contributed by atoms with Crippen molar-refractivity contribution in [2.45, 2.75) is 26.5 Å². The lowest BCUT2D eigenvalue weighted by Gasteiger charge is -2.16. The summed E-state index contributed by atoms with van der Waals surface area (Å²) >= 11 is 1.61. The molecule has 27 heavy (non-hydrogen) atoms. The smallest absolute Gasteiger partial charge is 0.132 e. The molecule has 0 unspecified atom stereocenters. The number of nitrogens with one attached hydrogen (secondary N) is 3. The number of aliphatic hydroxyl groups excluding tert-OH is 1. The number of aromatic amines is 1. The number of aromatic nitrogens is 4. The zero-order valence-electron chi connectivity index (χ0n) is 15.0. The third-order valence-electron chi connectivity index (χ3n) is 4.02. The van der Waals surface area contributed by atoms with Crippen LogP contribution in [0, 0.1) is 0 Å². The molecule has 0 saturated carbocycles. The maximum absolute atomic E-state index is 9.24. The van der Waals surface area contributed by atoms with Gasteiger partial charge in [0.25, 0.3) is 0 Å². The van der Waals surface area contributed by atoms with Crippen LogP contribution in [0.4, 0.5) is 17.2 Å². The largest absolute Gasteiger partial charge is 0.388 e. The minimum absolute atomic E-state index is 0.125. The van der Waals surface area contributed by atoms with Gasteiger partial charge in [0, 0.05) is 35.2 Å². The summed E-state index contributed by atoms with van der Waals surface area (Å²) in [6.45, 7) is 4.04. The molecule has 0 aliphatic heterocycles. The number of pyridine rings is 1. The predicted molar refractivity (Wildman–Crippen MR) is 109 cm³/mol. The average molecular weight is 380 g/mol. The maximum atomic E-state index is 9.24. The van der Waals surface area contributed by atoms with E-state index >= 15 is 0 Å². The van der Waals surface area contributed by atoms with Crippen LogP contribution in [0.5, 0.6) is 0 Å². The van der Waals surface area contributed by atoms with E-state index in [4.69, 9.17) is 0 Å². The molecule has 0 saturated heterocycles. The highest BCUT2D eigenvalue weighted by molar-refractivity contribution is 7.16. The predicted octanol–water partition coefficient (Wildman–Crippen LogP) is 4.14. The molecule has 7 nitrogen and oxygen atoms in total. The fourth-order valence-corrected chi connectivity index (χ4v) is 3.55. The Bertz CT molecular complexity index is 1070. The first-order valence-electron chi connectivity index (χ1n) is 8.64. The Hall–Kier alpha value is -2.97. The van der Waals surface area contributed by atoms with Gasteiger partial charge in [0.1, 0.15) is 18.2 Å². The number of hydrogen-bond acceptors (Lipinski definition) is 7. The number of imidazole rings is 1. The zero-order chi connectivity index (χ0) is 18.8. The van der Waals surface area contributed by atoms with Gasteiger partial charge in [-0.25, -0.2) is 15.0 Å². The van der Waals surface area contributed by atoms with E-state index in [-0.39, 0.29) is 12.6 Å². The molecule has 3 aromatic heterocycles. The summed E-state index contributed by atoms with van der Waals surface area (Å²) in [5.41, 5.74) is 6.46. The summed E-state index contributed by atoms with van der Waals surface area (Å²) in [5, 5.41) is 16.1. The first kappa shape index (κ1) is 17.4. The van der Waals surface area contributed by atoms with E-state index in [1.54, 1.807) is 23.7 Å². The Morgan fingerprint density at radius 1 is 1.15 bits per heavy atom. The normalized spacial score (nSPS) is 11.3. The van der Waals surface area contributed by atoms with Gasteiger partial charge in [0.05, 0.1) is 27.6 Å². The molecule has 0 atom stereocenters. The van der Waals surface area contributed by atoms with E-state index in [2.05, 4.69) is 50.5 Å². The van der Waals surface area contributed by atoms with Crippen LogP contribution in [-0.2, 0) is 6.61 Å². The van der Waals surface area contributed by atoms with Crippen molar-refractivity contribution in [2.75, 3.05) is 10.6 Å². The number of benzene rings is 1. The maximum Gasteiger partial charge on any atom is 0.132 e. The van der Waals surface area contributed by atoms with Crippen molar-refractivity contribution in [3.63, 3.8) is 0 Å². The highest BCUT2D eigenvalue weighted by Gasteiger charge is 2.12. The molecule has 1 aromatic carbocycles. The van der Waals surface area contributed by atoms with Crippen LogP contribution < -0.4 is 10.6 Å². The number of anilines is 3. The fraction of sp³-hybridized carbons (Fsp3) is 0.211. The zero-order valence-corrected chi connectivity index (χ0v) is 15.8. The number of nitrogens with zero attached hydrogens (tertiary/aromatic N) is 3. The minimum Gasteiger partial charge on any atom is -0.388 e. The molecule has 0 bridgehead atoms. The molecule has 0 aliphatic rings. The molecule has 0 amide bonds. The molecular formula is C19H20N6OS. The lowest BCUT2D eigenvalue weighted by molar-refractivity contribution is 0.272. The lowest BCUT2D eigenvalue weighted by Crippen LogP contribution is -2.11. The van der Waals surface area contributed by atoms with E-state index < -0.39 is 0 Å². The molecule has 0 aliphatic carbocycles. The molecule has 4 N–H and O–H groups in total. The number of fused-ring (bicyclic) bond motifs is 1. The summed E-state index contributed by atoms with van der Waals surface area (Å²) in [6, 6.07) is 8.30. The van der Waals surface area contributed by atoms with Gasteiger partial charge in [-0.2, -0.15) is 0 Å². The number of aliphatic hydroxyl groups is 1. The molecule has 3 heterocycles. The first-order valence-corrected chi connectivity index (χ1v) is 9.52. The van der Waals surface area contributed by atoms with Crippen LogP contribution in [0.1, 0.15) is 19.7 Å². The summed E-state index contributed by atoms with van der Waals surface area (Å²) in [4.78, 5) is 16.1. The first-order chi connectivity index (χ1) is 13.1. The molecule has 8 heteroatoms. The molecule has 0 fully saturated rings. The van der Waals surface area contributed by atoms with Crippen molar-refractivity contribution in [3.8, 4) is 11.3 Å². The van der Waals surface area contributed by atoms with Crippen molar-refractivity contribution < 1.29 is 5.11 Å². The van der Waals surface area contributed by atoms with Crippen LogP contribution >= 0.6 is 11.3 Å². The molecule has 4 aromatic rings. The molecule has 0 spiro atoms. The highest BCUT2D eigenvalue weighted by atomic mass is 32.1. The Morgan fingerprint density at radius 2 is 2.04 bits per heavy atom. The van der Waals surface area contributed by atoms with E-state index in [0.717, 1.165) is 38.7 Å². The SMILES string of the molecule is CC(C)Nc1cc(Nc2ccc3ncsc3c2)ncc1-c1cnc(CO)[nH]1. The molecule has 4 rings (SSSR count). The molecular weight excluding hydrogens is 360 g/mol. The number of H-pyrrole nitrogens is 1. The number of rotatable bonds is 6. The number of thiazole rings is 1. The standard InChI is InChI=1S/C19H20N6OS/c1-11(2)23-15-6-18(20-7-13(15)16-8-21-19(9-26)25-16)24-12-3-4-14-17(5-12)27-10-22-14/h3-8,10-11,26H,9H2,1-2H3,(H,21,25)(H2,20,23,24). The van der Waals surface area contributed by atoms with Crippen molar-refractivity contribution in [3.05, 3.63) is 48.0 Å². The van der Waals surface area contributed by atoms with Gasteiger partial charge < -0.3 is 20.7 Å². The third kappa shape index (κ3) is 3.76. The Morgan fingerprint density at radius 3 is 2.81 bits per heavy atom. The van der Waals surface area contributed by atoms with E-state index in [9.17, 15) is 5.11 Å². The van der Waals surface area contributed by atoms with Gasteiger partial charge in [0.2, 0.25) is 0 Å². The monoisotopic (exact) mass is 380 g/mol. The summed E-state index contributed by atoms with van der Waals surface area (Å²) in [6.07, 6.45) is 3.51. The van der Waals surface area contributed by atoms with Crippen LogP contribution in [-0.4, -0.2) is 31.1 Å². The third-order valence-corrected chi connectivity index (χ3v) is 4.81. The quantitative estimate of drug-likeness (QED) is 0.401. The van der Waals surface area contributed by atoms with Gasteiger partial charge in [-0.1, -0.05) is 0 Å². The van der Waals surface area contributed by atoms with Crippen LogP contribution in [0.2, 0.25) is 0 Å². The molecule has 138 valence electrons. The summed E-state index contributed by atoms with van der Waals surface area (Å²) < 4.78 is 1.13. The Labute approximate surface area is 160 Å². The fourth-order valence-electron chi connectivity index (χ4n) is 2.83. The van der Waals surface area contributed by atoms with Crippen molar-refractivity contribution in [1.82, 2.24) is 19.9 Å². The van der Waals surface area contributed by atoms with Crippen molar-refractivity contribution >= 4 is 38.7 Å². The van der Waals surface area contributed by atoms with Gasteiger partial charge in [-0.3, -0.25) is 0 Å². The van der Waals surface area contributed by atoms with Gasteiger partial charge in [0.15, 0.2) is 0 Å². The van der Waals surface area contributed by atoms with E-state index in [1.165, 1.54) is 0 Å². The van der Waals surface area contributed by atoms with Crippen molar-refractivity contribution in [1.29, 1.82) is 0 Å². The van der Waals surface area contributed by atoms with Gasteiger partial charge >= 0.3 is 0 Å². The van der Waals surface area contributed by atoms with E-state index in [1.807, 2.05) is 23.7 Å². The van der Waals surface area contributed by atoms with Crippen LogP contribution in [0.25, 0.3) is 21.5 Å². The second kappa shape index (κ2) is 7.34. The Kier molecular flexibility index (Phi) is 4.74. The van der Waals surface area contributed by atoms with Crippen LogP contribution in [0.15, 0.2) is 42.2 Å². The van der Waals surface area contributed by atoms with Gasteiger partial charge in [-0.15, -0.1) is 11.3 Å².